The van der Waals surface area contributed by atoms with Crippen molar-refractivity contribution >= 4 is 0 Å². The zero-order valence-electron chi connectivity index (χ0n) is 11.4. The molecule has 0 amide bonds. The minimum atomic E-state index is -0.947. The van der Waals surface area contributed by atoms with Crippen LogP contribution in [0.1, 0.15) is 30.9 Å². The van der Waals surface area contributed by atoms with Crippen LogP contribution in [0.3, 0.4) is 0 Å². The zero-order valence-corrected chi connectivity index (χ0v) is 11.4. The molecule has 1 aliphatic rings. The van der Waals surface area contributed by atoms with Crippen molar-refractivity contribution < 1.29 is 19.0 Å². The quantitative estimate of drug-likeness (QED) is 0.749. The number of hydrogen-bond acceptors (Lipinski definition) is 3. The van der Waals surface area contributed by atoms with Crippen LogP contribution in [0.4, 0.5) is 8.78 Å². The van der Waals surface area contributed by atoms with Gasteiger partial charge in [0.15, 0.2) is 11.6 Å². The lowest BCUT2D eigenvalue weighted by Gasteiger charge is -2.19. The number of halogens is 2. The minimum absolute atomic E-state index is 0.206. The van der Waals surface area contributed by atoms with Crippen molar-refractivity contribution in [3.63, 3.8) is 0 Å². The predicted octanol–water partition coefficient (Wildman–Crippen LogP) is 2.00. The van der Waals surface area contributed by atoms with E-state index in [4.69, 9.17) is 0 Å². The van der Waals surface area contributed by atoms with E-state index in [1.54, 1.807) is 0 Å². The van der Waals surface area contributed by atoms with Crippen molar-refractivity contribution in [2.75, 3.05) is 19.7 Å². The van der Waals surface area contributed by atoms with Crippen LogP contribution >= 0.6 is 0 Å². The summed E-state index contributed by atoms with van der Waals surface area (Å²) in [7, 11) is 0. The number of aliphatic hydroxyl groups is 2. The van der Waals surface area contributed by atoms with E-state index in [1.165, 1.54) is 6.07 Å². The molecule has 20 heavy (non-hydrogen) atoms. The molecule has 0 aromatic heterocycles. The van der Waals surface area contributed by atoms with E-state index in [1.807, 2.05) is 0 Å². The van der Waals surface area contributed by atoms with Crippen LogP contribution in [0.2, 0.25) is 0 Å². The summed E-state index contributed by atoms with van der Waals surface area (Å²) in [6.07, 6.45) is 2.40. The lowest BCUT2D eigenvalue weighted by Crippen LogP contribution is -2.30. The average Bonchev–Trinajstić information content (AvgIpc) is 2.89. The van der Waals surface area contributed by atoms with Gasteiger partial charge < -0.3 is 15.5 Å². The van der Waals surface area contributed by atoms with Gasteiger partial charge in [0.2, 0.25) is 0 Å². The molecule has 1 aliphatic carbocycles. The average molecular weight is 285 g/mol. The van der Waals surface area contributed by atoms with Crippen molar-refractivity contribution in [3.8, 4) is 0 Å². The maximum absolute atomic E-state index is 13.1. The molecule has 0 aliphatic heterocycles. The van der Waals surface area contributed by atoms with Crippen LogP contribution in [-0.4, -0.2) is 29.9 Å². The van der Waals surface area contributed by atoms with Crippen molar-refractivity contribution in [1.29, 1.82) is 0 Å². The Morgan fingerprint density at radius 1 is 1.20 bits per heavy atom. The van der Waals surface area contributed by atoms with E-state index < -0.39 is 17.7 Å². The molecule has 0 radical (unpaired) electrons. The van der Waals surface area contributed by atoms with Crippen molar-refractivity contribution in [2.24, 2.45) is 11.8 Å². The lowest BCUT2D eigenvalue weighted by molar-refractivity contribution is 0.162. The summed E-state index contributed by atoms with van der Waals surface area (Å²) in [6.45, 7) is 1.23. The topological polar surface area (TPSA) is 52.5 Å². The largest absolute Gasteiger partial charge is 0.396 e. The molecule has 0 spiro atoms. The van der Waals surface area contributed by atoms with E-state index in [9.17, 15) is 19.0 Å². The molecular formula is C15H21F2NO2. The van der Waals surface area contributed by atoms with Crippen LogP contribution in [0, 0.1) is 23.5 Å². The van der Waals surface area contributed by atoms with Crippen LogP contribution in [-0.2, 0) is 0 Å². The third kappa shape index (κ3) is 3.75. The first-order valence-electron chi connectivity index (χ1n) is 7.06. The van der Waals surface area contributed by atoms with E-state index in [2.05, 4.69) is 5.32 Å². The molecule has 1 aromatic carbocycles. The first-order valence-corrected chi connectivity index (χ1v) is 7.06. The summed E-state index contributed by atoms with van der Waals surface area (Å²) in [5.74, 6) is -1.09. The van der Waals surface area contributed by atoms with Gasteiger partial charge in [-0.15, -0.1) is 0 Å². The van der Waals surface area contributed by atoms with E-state index in [-0.39, 0.29) is 6.61 Å². The van der Waals surface area contributed by atoms with Gasteiger partial charge in [-0.25, -0.2) is 8.78 Å². The molecule has 3 atom stereocenters. The molecule has 3 unspecified atom stereocenters. The molecule has 1 saturated carbocycles. The number of nitrogens with one attached hydrogen (secondary N) is 1. The second-order valence-electron chi connectivity index (χ2n) is 5.48. The smallest absolute Gasteiger partial charge is 0.159 e. The van der Waals surface area contributed by atoms with Gasteiger partial charge in [-0.05, 0) is 48.9 Å². The van der Waals surface area contributed by atoms with E-state index >= 15 is 0 Å². The zero-order chi connectivity index (χ0) is 14.5. The minimum Gasteiger partial charge on any atom is -0.396 e. The highest BCUT2D eigenvalue weighted by Crippen LogP contribution is 2.30. The molecule has 112 valence electrons. The fourth-order valence-corrected chi connectivity index (χ4v) is 2.87. The highest BCUT2D eigenvalue weighted by molar-refractivity contribution is 5.20. The Balaban J connectivity index is 1.80. The molecule has 1 fully saturated rings. The number of rotatable bonds is 6. The first kappa shape index (κ1) is 15.4. The third-order valence-electron chi connectivity index (χ3n) is 4.12. The van der Waals surface area contributed by atoms with E-state index in [0.717, 1.165) is 37.9 Å². The van der Waals surface area contributed by atoms with Crippen LogP contribution < -0.4 is 5.32 Å². The van der Waals surface area contributed by atoms with Gasteiger partial charge in [-0.1, -0.05) is 12.5 Å². The Bertz CT molecular complexity index is 442. The molecule has 3 N–H and O–H groups in total. The maximum atomic E-state index is 13.1. The van der Waals surface area contributed by atoms with Crippen molar-refractivity contribution in [3.05, 3.63) is 35.4 Å². The normalized spacial score (nSPS) is 24.0. The second-order valence-corrected chi connectivity index (χ2v) is 5.48. The molecule has 0 heterocycles. The number of aliphatic hydroxyl groups excluding tert-OH is 2. The van der Waals surface area contributed by atoms with Crippen LogP contribution in [0.25, 0.3) is 0 Å². The lowest BCUT2D eigenvalue weighted by atomic mass is 9.97. The first-order chi connectivity index (χ1) is 9.61. The third-order valence-corrected chi connectivity index (χ3v) is 4.12. The Labute approximate surface area is 117 Å². The number of benzene rings is 1. The summed E-state index contributed by atoms with van der Waals surface area (Å²) in [4.78, 5) is 0. The Morgan fingerprint density at radius 3 is 2.65 bits per heavy atom. The van der Waals surface area contributed by atoms with E-state index in [0.29, 0.717) is 23.9 Å². The fraction of sp³-hybridized carbons (Fsp3) is 0.600. The van der Waals surface area contributed by atoms with Gasteiger partial charge in [0.05, 0.1) is 6.10 Å². The Morgan fingerprint density at radius 2 is 1.95 bits per heavy atom. The van der Waals surface area contributed by atoms with Gasteiger partial charge in [0, 0.05) is 13.2 Å². The highest BCUT2D eigenvalue weighted by Gasteiger charge is 2.26. The monoisotopic (exact) mass is 285 g/mol. The molecule has 5 heteroatoms. The summed E-state index contributed by atoms with van der Waals surface area (Å²) in [5.41, 5.74) is 0.363. The molecule has 3 nitrogen and oxygen atoms in total. The van der Waals surface area contributed by atoms with Gasteiger partial charge in [0.25, 0.3) is 0 Å². The molecule has 0 saturated heterocycles. The number of hydrogen-bond donors (Lipinski definition) is 3. The Kier molecular flexibility index (Phi) is 5.46. The second kappa shape index (κ2) is 7.11. The van der Waals surface area contributed by atoms with Gasteiger partial charge in [-0.2, -0.15) is 0 Å². The predicted molar refractivity (Wildman–Crippen MR) is 72.1 cm³/mol. The Hall–Kier alpha value is -1.04. The van der Waals surface area contributed by atoms with Gasteiger partial charge in [0.1, 0.15) is 0 Å². The van der Waals surface area contributed by atoms with Crippen LogP contribution in [0.5, 0.6) is 0 Å². The molecule has 1 aromatic rings. The highest BCUT2D eigenvalue weighted by atomic mass is 19.2. The van der Waals surface area contributed by atoms with Crippen LogP contribution in [0.15, 0.2) is 18.2 Å². The molecule has 0 bridgehead atoms. The van der Waals surface area contributed by atoms with Crippen molar-refractivity contribution in [2.45, 2.75) is 25.4 Å². The summed E-state index contributed by atoms with van der Waals surface area (Å²) < 4.78 is 25.9. The summed E-state index contributed by atoms with van der Waals surface area (Å²) in [5, 5.41) is 22.3. The molecular weight excluding hydrogens is 264 g/mol. The standard InChI is InChI=1S/C15H21F2NO2/c16-13-5-4-10(6-14(13)17)15(20)8-18-7-11-2-1-3-12(11)9-19/h4-6,11-12,15,18-20H,1-3,7-9H2. The van der Waals surface area contributed by atoms with Gasteiger partial charge >= 0.3 is 0 Å². The SMILES string of the molecule is OCC1CCCC1CNCC(O)c1ccc(F)c(F)c1. The fourth-order valence-electron chi connectivity index (χ4n) is 2.87. The summed E-state index contributed by atoms with van der Waals surface area (Å²) in [6, 6.07) is 3.43. The maximum Gasteiger partial charge on any atom is 0.159 e. The van der Waals surface area contributed by atoms with Gasteiger partial charge in [-0.3, -0.25) is 0 Å². The van der Waals surface area contributed by atoms with Crippen molar-refractivity contribution in [1.82, 2.24) is 5.32 Å². The summed E-state index contributed by atoms with van der Waals surface area (Å²) >= 11 is 0. The molecule has 2 rings (SSSR count).